The number of hydrogen-bond acceptors (Lipinski definition) is 4. The maximum atomic E-state index is 12.0. The lowest BCUT2D eigenvalue weighted by Crippen LogP contribution is -2.50. The van der Waals surface area contributed by atoms with Crippen LogP contribution in [0.15, 0.2) is 0 Å². The molecule has 2 saturated heterocycles. The lowest BCUT2D eigenvalue weighted by Gasteiger charge is -2.31. The molecule has 2 N–H and O–H groups in total. The van der Waals surface area contributed by atoms with Crippen molar-refractivity contribution in [1.82, 2.24) is 10.2 Å². The summed E-state index contributed by atoms with van der Waals surface area (Å²) in [4.78, 5) is 14.4. The summed E-state index contributed by atoms with van der Waals surface area (Å²) in [5.41, 5.74) is -1.10. The summed E-state index contributed by atoms with van der Waals surface area (Å²) >= 11 is 1.81. The first-order chi connectivity index (χ1) is 8.71. The van der Waals surface area contributed by atoms with Crippen LogP contribution in [0, 0.1) is 0 Å². The molecule has 0 aliphatic carbocycles. The van der Waals surface area contributed by atoms with Crippen LogP contribution in [0.25, 0.3) is 0 Å². The van der Waals surface area contributed by atoms with E-state index in [0.717, 1.165) is 31.1 Å². The Balaban J connectivity index is 1.67. The van der Waals surface area contributed by atoms with E-state index in [2.05, 4.69) is 10.2 Å². The number of rotatable bonds is 4. The quantitative estimate of drug-likeness (QED) is 0.796. The zero-order chi connectivity index (χ0) is 12.8. The van der Waals surface area contributed by atoms with Gasteiger partial charge in [0.15, 0.2) is 0 Å². The number of piperidine rings is 1. The summed E-state index contributed by atoms with van der Waals surface area (Å²) in [7, 11) is 0. The fourth-order valence-corrected chi connectivity index (χ4v) is 3.78. The van der Waals surface area contributed by atoms with Crippen LogP contribution in [-0.4, -0.2) is 59.2 Å². The molecule has 0 bridgehead atoms. The van der Waals surface area contributed by atoms with Gasteiger partial charge in [0.25, 0.3) is 5.91 Å². The molecule has 2 heterocycles. The summed E-state index contributed by atoms with van der Waals surface area (Å²) in [6.07, 6.45) is 5.06. The van der Waals surface area contributed by atoms with Gasteiger partial charge in [-0.15, -0.1) is 0 Å². The van der Waals surface area contributed by atoms with Gasteiger partial charge < -0.3 is 15.3 Å². The minimum Gasteiger partial charge on any atom is -0.380 e. The number of nitrogens with zero attached hydrogens (tertiary/aromatic N) is 1. The van der Waals surface area contributed by atoms with E-state index in [1.807, 2.05) is 11.8 Å². The molecule has 0 unspecified atom stereocenters. The number of thioether (sulfide) groups is 1. The highest BCUT2D eigenvalue weighted by Gasteiger charge is 2.37. The normalized spacial score (nSPS) is 24.7. The van der Waals surface area contributed by atoms with E-state index in [1.165, 1.54) is 19.3 Å². The van der Waals surface area contributed by atoms with E-state index < -0.39 is 5.60 Å². The van der Waals surface area contributed by atoms with E-state index in [1.54, 1.807) is 0 Å². The van der Waals surface area contributed by atoms with Crippen molar-refractivity contribution in [3.63, 3.8) is 0 Å². The predicted octanol–water partition coefficient (Wildman–Crippen LogP) is 0.847. The molecule has 18 heavy (non-hydrogen) atoms. The number of aliphatic hydroxyl groups is 1. The summed E-state index contributed by atoms with van der Waals surface area (Å²) in [6.45, 7) is 3.87. The minimum atomic E-state index is -1.10. The number of carbonyl (C=O) groups is 1. The molecular weight excluding hydrogens is 248 g/mol. The van der Waals surface area contributed by atoms with Crippen molar-refractivity contribution in [1.29, 1.82) is 0 Å². The average molecular weight is 272 g/mol. The number of carbonyl (C=O) groups excluding carboxylic acids is 1. The number of amides is 1. The number of hydrogen-bond donors (Lipinski definition) is 2. The molecule has 1 amide bonds. The van der Waals surface area contributed by atoms with E-state index in [9.17, 15) is 9.90 Å². The Morgan fingerprint density at radius 2 is 1.89 bits per heavy atom. The van der Waals surface area contributed by atoms with Gasteiger partial charge >= 0.3 is 0 Å². The second-order valence-electron chi connectivity index (χ2n) is 5.30. The Morgan fingerprint density at radius 1 is 1.22 bits per heavy atom. The van der Waals surface area contributed by atoms with Crippen molar-refractivity contribution in [3.8, 4) is 0 Å². The molecular formula is C13H24N2O2S. The highest BCUT2D eigenvalue weighted by Crippen LogP contribution is 2.26. The molecule has 2 fully saturated rings. The van der Waals surface area contributed by atoms with Gasteiger partial charge in [-0.3, -0.25) is 4.79 Å². The highest BCUT2D eigenvalue weighted by molar-refractivity contribution is 7.99. The van der Waals surface area contributed by atoms with Crippen LogP contribution in [0.4, 0.5) is 0 Å². The van der Waals surface area contributed by atoms with Crippen molar-refractivity contribution in [2.75, 3.05) is 37.7 Å². The van der Waals surface area contributed by atoms with E-state index in [4.69, 9.17) is 0 Å². The zero-order valence-corrected chi connectivity index (χ0v) is 11.8. The summed E-state index contributed by atoms with van der Waals surface area (Å²) < 4.78 is 0. The molecule has 0 aromatic carbocycles. The largest absolute Gasteiger partial charge is 0.380 e. The predicted molar refractivity (Wildman–Crippen MR) is 74.8 cm³/mol. The summed E-state index contributed by atoms with van der Waals surface area (Å²) in [6, 6.07) is 0. The van der Waals surface area contributed by atoms with Crippen LogP contribution >= 0.6 is 11.8 Å². The third-order valence-corrected chi connectivity index (χ3v) is 4.89. The molecule has 0 atom stereocenters. The van der Waals surface area contributed by atoms with Gasteiger partial charge in [-0.05, 0) is 50.3 Å². The van der Waals surface area contributed by atoms with Gasteiger partial charge in [0, 0.05) is 13.1 Å². The Labute approximate surface area is 113 Å². The monoisotopic (exact) mass is 272 g/mol. The zero-order valence-electron chi connectivity index (χ0n) is 11.0. The summed E-state index contributed by atoms with van der Waals surface area (Å²) in [5, 5.41) is 13.1. The third-order valence-electron chi connectivity index (χ3n) is 3.90. The first kappa shape index (κ1) is 14.2. The van der Waals surface area contributed by atoms with Crippen LogP contribution in [0.1, 0.15) is 32.1 Å². The van der Waals surface area contributed by atoms with E-state index in [-0.39, 0.29) is 5.91 Å². The minimum absolute atomic E-state index is 0.167. The van der Waals surface area contributed by atoms with Crippen molar-refractivity contribution in [3.05, 3.63) is 0 Å². The number of likely N-dealkylation sites (tertiary alicyclic amines) is 1. The molecule has 0 saturated carbocycles. The second kappa shape index (κ2) is 6.78. The first-order valence-electron chi connectivity index (χ1n) is 7.01. The first-order valence-corrected chi connectivity index (χ1v) is 8.17. The molecule has 0 aromatic rings. The molecule has 5 heteroatoms. The molecule has 2 rings (SSSR count). The number of nitrogens with one attached hydrogen (secondary N) is 1. The van der Waals surface area contributed by atoms with Crippen LogP contribution < -0.4 is 5.32 Å². The molecule has 0 radical (unpaired) electrons. The van der Waals surface area contributed by atoms with Crippen molar-refractivity contribution < 1.29 is 9.90 Å². The lowest BCUT2D eigenvalue weighted by atomic mass is 9.96. The maximum absolute atomic E-state index is 12.0. The lowest BCUT2D eigenvalue weighted by molar-refractivity contribution is -0.140. The van der Waals surface area contributed by atoms with Crippen LogP contribution in [0.2, 0.25) is 0 Å². The van der Waals surface area contributed by atoms with E-state index >= 15 is 0 Å². The molecule has 2 aliphatic rings. The Morgan fingerprint density at radius 3 is 2.56 bits per heavy atom. The topological polar surface area (TPSA) is 52.6 Å². The third kappa shape index (κ3) is 3.87. The average Bonchev–Trinajstić information content (AvgIpc) is 2.41. The van der Waals surface area contributed by atoms with Gasteiger partial charge in [0.05, 0.1) is 0 Å². The fraction of sp³-hybridized carbons (Fsp3) is 0.923. The standard InChI is InChI=1S/C13H24N2O2S/c16-12(13(17)4-10-18-11-5-13)14-6-9-15-7-2-1-3-8-15/h17H,1-11H2,(H,14,16). The van der Waals surface area contributed by atoms with Crippen LogP contribution in [-0.2, 0) is 4.79 Å². The van der Waals surface area contributed by atoms with Crippen molar-refractivity contribution in [2.24, 2.45) is 0 Å². The highest BCUT2D eigenvalue weighted by atomic mass is 32.2. The molecule has 0 spiro atoms. The van der Waals surface area contributed by atoms with Gasteiger partial charge in [-0.1, -0.05) is 6.42 Å². The van der Waals surface area contributed by atoms with Gasteiger partial charge in [0.2, 0.25) is 0 Å². The van der Waals surface area contributed by atoms with Crippen LogP contribution in [0.3, 0.4) is 0 Å². The second-order valence-corrected chi connectivity index (χ2v) is 6.53. The molecule has 4 nitrogen and oxygen atoms in total. The molecule has 0 aromatic heterocycles. The fourth-order valence-electron chi connectivity index (χ4n) is 2.61. The SMILES string of the molecule is O=C(NCCN1CCCCC1)C1(O)CCSCC1. The molecule has 104 valence electrons. The van der Waals surface area contributed by atoms with Crippen molar-refractivity contribution in [2.45, 2.75) is 37.7 Å². The van der Waals surface area contributed by atoms with Crippen LogP contribution in [0.5, 0.6) is 0 Å². The van der Waals surface area contributed by atoms with Gasteiger partial charge in [-0.25, -0.2) is 0 Å². The Hall–Kier alpha value is -0.260. The van der Waals surface area contributed by atoms with Gasteiger partial charge in [-0.2, -0.15) is 11.8 Å². The summed E-state index contributed by atoms with van der Waals surface area (Å²) in [5.74, 6) is 1.60. The molecule has 2 aliphatic heterocycles. The van der Waals surface area contributed by atoms with Crippen molar-refractivity contribution >= 4 is 17.7 Å². The smallest absolute Gasteiger partial charge is 0.252 e. The van der Waals surface area contributed by atoms with Gasteiger partial charge in [0.1, 0.15) is 5.60 Å². The Kier molecular flexibility index (Phi) is 5.33. The Bertz CT molecular complexity index is 274. The van der Waals surface area contributed by atoms with E-state index in [0.29, 0.717) is 19.4 Å². The maximum Gasteiger partial charge on any atom is 0.252 e.